The van der Waals surface area contributed by atoms with Crippen LogP contribution >= 0.6 is 0 Å². The highest BCUT2D eigenvalue weighted by Gasteiger charge is 2.52. The molecule has 0 bridgehead atoms. The summed E-state index contributed by atoms with van der Waals surface area (Å²) in [6, 6.07) is 0. The molecule has 0 saturated carbocycles. The van der Waals surface area contributed by atoms with E-state index in [-0.39, 0.29) is 11.2 Å². The smallest absolute Gasteiger partial charge is 0.105 e. The van der Waals surface area contributed by atoms with Crippen molar-refractivity contribution in [2.75, 3.05) is 0 Å². The quantitative estimate of drug-likeness (QED) is 0.492. The molecule has 0 amide bonds. The first-order chi connectivity index (χ1) is 10.3. The van der Waals surface area contributed by atoms with Crippen molar-refractivity contribution >= 4 is 0 Å². The fourth-order valence-corrected chi connectivity index (χ4v) is 3.76. The SMILES string of the molecule is C/C1=C\CC[C@]2(C)O[C@H]2/C=C(/C(C)C)CC[C@]2(C)O[C@H]2CC1. The van der Waals surface area contributed by atoms with Gasteiger partial charge < -0.3 is 9.47 Å². The van der Waals surface area contributed by atoms with Crippen LogP contribution in [0.4, 0.5) is 0 Å². The summed E-state index contributed by atoms with van der Waals surface area (Å²) in [5, 5.41) is 0. The number of rotatable bonds is 1. The van der Waals surface area contributed by atoms with E-state index in [2.05, 4.69) is 46.8 Å². The molecule has 2 heterocycles. The predicted molar refractivity (Wildman–Crippen MR) is 90.9 cm³/mol. The van der Waals surface area contributed by atoms with Gasteiger partial charge in [-0.25, -0.2) is 0 Å². The lowest BCUT2D eigenvalue weighted by Gasteiger charge is -2.14. The maximum Gasteiger partial charge on any atom is 0.105 e. The average Bonchev–Trinajstić information content (AvgIpc) is 3.28. The molecule has 1 aliphatic carbocycles. The maximum absolute atomic E-state index is 6.03. The molecular weight excluding hydrogens is 272 g/mol. The number of allylic oxidation sites excluding steroid dienone is 3. The Kier molecular flexibility index (Phi) is 4.28. The van der Waals surface area contributed by atoms with Gasteiger partial charge in [-0.2, -0.15) is 0 Å². The zero-order valence-corrected chi connectivity index (χ0v) is 14.9. The summed E-state index contributed by atoms with van der Waals surface area (Å²) in [6.07, 6.45) is 12.5. The van der Waals surface area contributed by atoms with Crippen molar-refractivity contribution in [2.24, 2.45) is 5.92 Å². The van der Waals surface area contributed by atoms with Gasteiger partial charge in [0.25, 0.3) is 0 Å². The molecule has 3 aliphatic rings. The summed E-state index contributed by atoms with van der Waals surface area (Å²) >= 11 is 0. The summed E-state index contributed by atoms with van der Waals surface area (Å²) in [5.41, 5.74) is 3.25. The molecular formula is C20H32O2. The second-order valence-electron chi connectivity index (χ2n) is 8.29. The molecule has 124 valence electrons. The van der Waals surface area contributed by atoms with E-state index in [0.29, 0.717) is 18.1 Å². The van der Waals surface area contributed by atoms with Crippen molar-refractivity contribution in [3.05, 3.63) is 23.3 Å². The molecule has 22 heavy (non-hydrogen) atoms. The highest BCUT2D eigenvalue weighted by Crippen LogP contribution is 2.46. The number of fused-ring (bicyclic) bond motifs is 2. The Morgan fingerprint density at radius 1 is 1.09 bits per heavy atom. The molecule has 0 radical (unpaired) electrons. The molecule has 0 aromatic heterocycles. The largest absolute Gasteiger partial charge is 0.366 e. The van der Waals surface area contributed by atoms with E-state index in [9.17, 15) is 0 Å². The highest BCUT2D eigenvalue weighted by molar-refractivity contribution is 5.20. The number of hydrogen-bond donors (Lipinski definition) is 0. The van der Waals surface area contributed by atoms with Gasteiger partial charge in [0.2, 0.25) is 0 Å². The highest BCUT2D eigenvalue weighted by atomic mass is 16.6. The first kappa shape index (κ1) is 16.3. The van der Waals surface area contributed by atoms with E-state index in [1.165, 1.54) is 18.4 Å². The van der Waals surface area contributed by atoms with Crippen LogP contribution in [0.3, 0.4) is 0 Å². The minimum atomic E-state index is 0.0730. The second kappa shape index (κ2) is 5.79. The lowest BCUT2D eigenvalue weighted by Crippen LogP contribution is -2.13. The zero-order valence-electron chi connectivity index (χ0n) is 14.9. The summed E-state index contributed by atoms with van der Waals surface area (Å²) in [4.78, 5) is 0. The van der Waals surface area contributed by atoms with Gasteiger partial charge in [-0.15, -0.1) is 0 Å². The first-order valence-corrected chi connectivity index (χ1v) is 9.04. The topological polar surface area (TPSA) is 25.1 Å². The Bertz CT molecular complexity index is 490. The Balaban J connectivity index is 1.74. The van der Waals surface area contributed by atoms with E-state index >= 15 is 0 Å². The van der Waals surface area contributed by atoms with Gasteiger partial charge in [0.05, 0.1) is 17.3 Å². The van der Waals surface area contributed by atoms with Crippen LogP contribution in [0, 0.1) is 5.92 Å². The minimum Gasteiger partial charge on any atom is -0.366 e. The van der Waals surface area contributed by atoms with Crippen molar-refractivity contribution < 1.29 is 9.47 Å². The summed E-state index contributed by atoms with van der Waals surface area (Å²) in [7, 11) is 0. The van der Waals surface area contributed by atoms with Gasteiger partial charge in [-0.05, 0) is 65.2 Å². The molecule has 2 heteroatoms. The monoisotopic (exact) mass is 304 g/mol. The lowest BCUT2D eigenvalue weighted by atomic mass is 9.88. The molecule has 2 aliphatic heterocycles. The molecule has 0 aromatic rings. The molecule has 2 saturated heterocycles. The zero-order chi connectivity index (χ0) is 16.0. The van der Waals surface area contributed by atoms with Crippen LogP contribution in [0.2, 0.25) is 0 Å². The lowest BCUT2D eigenvalue weighted by molar-refractivity contribution is 0.292. The number of epoxide rings is 2. The van der Waals surface area contributed by atoms with Gasteiger partial charge in [0, 0.05) is 0 Å². The standard InChI is InChI=1S/C20H32O2/c1-14(2)16-10-12-20(5)17(21-20)9-8-15(3)7-6-11-19(4)18(13-16)22-19/h7,13-14,17-18H,6,8-12H2,1-5H3/b15-7+,16-13+/t17-,18-,19-,20-/m0/s1. The summed E-state index contributed by atoms with van der Waals surface area (Å²) < 4.78 is 12.0. The van der Waals surface area contributed by atoms with Gasteiger partial charge >= 0.3 is 0 Å². The molecule has 2 fully saturated rings. The van der Waals surface area contributed by atoms with Crippen LogP contribution < -0.4 is 0 Å². The third-order valence-corrected chi connectivity index (χ3v) is 5.93. The van der Waals surface area contributed by atoms with Crippen molar-refractivity contribution in [1.82, 2.24) is 0 Å². The third kappa shape index (κ3) is 3.49. The molecule has 0 unspecified atom stereocenters. The summed E-state index contributed by atoms with van der Waals surface area (Å²) in [6.45, 7) is 11.4. The molecule has 2 nitrogen and oxygen atoms in total. The van der Waals surface area contributed by atoms with E-state index < -0.39 is 0 Å². The van der Waals surface area contributed by atoms with Crippen LogP contribution in [-0.2, 0) is 9.47 Å². The van der Waals surface area contributed by atoms with E-state index in [1.54, 1.807) is 5.57 Å². The first-order valence-electron chi connectivity index (χ1n) is 9.04. The van der Waals surface area contributed by atoms with Crippen LogP contribution in [0.25, 0.3) is 0 Å². The van der Waals surface area contributed by atoms with E-state index in [4.69, 9.17) is 9.47 Å². The molecule has 0 N–H and O–H groups in total. The van der Waals surface area contributed by atoms with Crippen LogP contribution in [0.5, 0.6) is 0 Å². The van der Waals surface area contributed by atoms with Gasteiger partial charge in [-0.3, -0.25) is 0 Å². The average molecular weight is 304 g/mol. The predicted octanol–water partition coefficient (Wildman–Crippen LogP) is 5.18. The Labute approximate surface area is 136 Å². The number of hydrogen-bond acceptors (Lipinski definition) is 2. The number of ether oxygens (including phenoxy) is 2. The van der Waals surface area contributed by atoms with Crippen LogP contribution in [0.1, 0.15) is 73.1 Å². The third-order valence-electron chi connectivity index (χ3n) is 5.93. The van der Waals surface area contributed by atoms with Gasteiger partial charge in [0.15, 0.2) is 0 Å². The van der Waals surface area contributed by atoms with E-state index in [1.807, 2.05) is 0 Å². The fourth-order valence-electron chi connectivity index (χ4n) is 3.76. The van der Waals surface area contributed by atoms with Crippen molar-refractivity contribution in [2.45, 2.75) is 96.6 Å². The van der Waals surface area contributed by atoms with Crippen molar-refractivity contribution in [3.8, 4) is 0 Å². The van der Waals surface area contributed by atoms with Crippen molar-refractivity contribution in [1.29, 1.82) is 0 Å². The van der Waals surface area contributed by atoms with Gasteiger partial charge in [-0.1, -0.05) is 37.1 Å². The second-order valence-corrected chi connectivity index (χ2v) is 8.29. The Hall–Kier alpha value is -0.600. The van der Waals surface area contributed by atoms with Crippen LogP contribution in [0.15, 0.2) is 23.3 Å². The maximum atomic E-state index is 6.03. The molecule has 3 rings (SSSR count). The Morgan fingerprint density at radius 2 is 1.86 bits per heavy atom. The minimum absolute atomic E-state index is 0.0730. The van der Waals surface area contributed by atoms with E-state index in [0.717, 1.165) is 25.7 Å². The molecule has 0 aromatic carbocycles. The Morgan fingerprint density at radius 3 is 2.59 bits per heavy atom. The van der Waals surface area contributed by atoms with Crippen LogP contribution in [-0.4, -0.2) is 23.4 Å². The summed E-state index contributed by atoms with van der Waals surface area (Å²) in [5.74, 6) is 0.601. The fraction of sp³-hybridized carbons (Fsp3) is 0.800. The molecule has 4 atom stereocenters. The van der Waals surface area contributed by atoms with Crippen molar-refractivity contribution in [3.63, 3.8) is 0 Å². The van der Waals surface area contributed by atoms with Gasteiger partial charge in [0.1, 0.15) is 6.10 Å². The normalized spacial score (nSPS) is 47.4. The molecule has 0 spiro atoms.